The molecule has 2 aromatic rings. The van der Waals surface area contributed by atoms with Crippen LogP contribution < -0.4 is 10.9 Å². The molecule has 3 rings (SSSR count). The number of aromatic nitrogens is 1. The van der Waals surface area contributed by atoms with Crippen LogP contribution in [0.3, 0.4) is 0 Å². The lowest BCUT2D eigenvalue weighted by Crippen LogP contribution is -2.45. The molecule has 1 heterocycles. The molecule has 0 saturated heterocycles. The Morgan fingerprint density at radius 1 is 1.12 bits per heavy atom. The number of hydrogen-bond acceptors (Lipinski definition) is 2. The molecule has 0 aliphatic heterocycles. The Morgan fingerprint density at radius 3 is 2.27 bits per heavy atom. The quantitative estimate of drug-likeness (QED) is 0.911. The molecule has 1 amide bonds. The molecule has 1 N–H and O–H groups in total. The second kappa shape index (κ2) is 6.11. The Morgan fingerprint density at radius 2 is 1.73 bits per heavy atom. The second-order valence-corrected chi connectivity index (χ2v) is 9.03. The third-order valence-electron chi connectivity index (χ3n) is 5.53. The summed E-state index contributed by atoms with van der Waals surface area (Å²) in [6, 6.07) is 13.6. The van der Waals surface area contributed by atoms with Crippen molar-refractivity contribution in [2.24, 2.45) is 5.41 Å². The highest BCUT2D eigenvalue weighted by molar-refractivity contribution is 5.94. The normalized spacial score (nSPS) is 21.3. The van der Waals surface area contributed by atoms with Crippen LogP contribution in [0, 0.1) is 5.41 Å². The average Bonchev–Trinajstić information content (AvgIpc) is 3.06. The van der Waals surface area contributed by atoms with E-state index >= 15 is 0 Å². The largest absolute Gasteiger partial charge is 0.346 e. The Bertz CT molecular complexity index is 875. The summed E-state index contributed by atoms with van der Waals surface area (Å²) in [6.45, 7) is 10.2. The number of pyridine rings is 1. The highest BCUT2D eigenvalue weighted by Crippen LogP contribution is 2.57. The van der Waals surface area contributed by atoms with Gasteiger partial charge in [-0.2, -0.15) is 0 Å². The van der Waals surface area contributed by atoms with E-state index in [1.165, 1.54) is 5.56 Å². The molecule has 1 aliphatic carbocycles. The van der Waals surface area contributed by atoms with Gasteiger partial charge in [0, 0.05) is 11.7 Å². The van der Waals surface area contributed by atoms with Crippen LogP contribution in [0.25, 0.3) is 0 Å². The minimum Gasteiger partial charge on any atom is -0.346 e. The van der Waals surface area contributed by atoms with Gasteiger partial charge in [0.1, 0.15) is 5.56 Å². The molecule has 4 heteroatoms. The predicted molar refractivity (Wildman–Crippen MR) is 104 cm³/mol. The Balaban J connectivity index is 1.88. The number of nitrogens with one attached hydrogen (secondary N) is 1. The lowest BCUT2D eigenvalue weighted by Gasteiger charge is -2.25. The number of amides is 1. The highest BCUT2D eigenvalue weighted by atomic mass is 16.2. The smallest absolute Gasteiger partial charge is 0.263 e. The van der Waals surface area contributed by atoms with Gasteiger partial charge in [-0.05, 0) is 56.7 Å². The molecule has 1 aromatic carbocycles. The summed E-state index contributed by atoms with van der Waals surface area (Å²) < 4.78 is 1.61. The van der Waals surface area contributed by atoms with Gasteiger partial charge >= 0.3 is 0 Å². The molecule has 1 saturated carbocycles. The first-order valence-corrected chi connectivity index (χ1v) is 9.14. The summed E-state index contributed by atoms with van der Waals surface area (Å²) in [5, 5.41) is 3.19. The number of benzene rings is 1. The van der Waals surface area contributed by atoms with Crippen LogP contribution in [0.2, 0.25) is 0 Å². The van der Waals surface area contributed by atoms with Crippen molar-refractivity contribution in [2.75, 3.05) is 0 Å². The maximum Gasteiger partial charge on any atom is 0.263 e. The van der Waals surface area contributed by atoms with Gasteiger partial charge in [-0.3, -0.25) is 9.59 Å². The lowest BCUT2D eigenvalue weighted by molar-refractivity contribution is 0.0918. The monoisotopic (exact) mass is 352 g/mol. The van der Waals surface area contributed by atoms with Crippen LogP contribution in [-0.4, -0.2) is 16.0 Å². The van der Waals surface area contributed by atoms with Crippen molar-refractivity contribution in [2.45, 2.75) is 58.5 Å². The standard InChI is InChI=1S/C22H28N2O2/c1-20(2,3)24-13-9-12-17(19(24)26)18(25)23-22(15-21(22,4)5)14-16-10-7-6-8-11-16/h6-13H,14-15H2,1-5H3,(H,23,25). The number of carbonyl (C=O) groups is 1. The molecule has 138 valence electrons. The molecular formula is C22H28N2O2. The maximum atomic E-state index is 13.0. The third-order valence-corrected chi connectivity index (χ3v) is 5.53. The van der Waals surface area contributed by atoms with Gasteiger partial charge in [0.2, 0.25) is 0 Å². The summed E-state index contributed by atoms with van der Waals surface area (Å²) in [6.07, 6.45) is 3.41. The Kier molecular flexibility index (Phi) is 4.33. The van der Waals surface area contributed by atoms with Crippen LogP contribution in [0.5, 0.6) is 0 Å². The average molecular weight is 352 g/mol. The molecule has 4 nitrogen and oxygen atoms in total. The van der Waals surface area contributed by atoms with Crippen molar-refractivity contribution in [1.82, 2.24) is 9.88 Å². The number of nitrogens with zero attached hydrogens (tertiary/aromatic N) is 1. The molecule has 1 aromatic heterocycles. The van der Waals surface area contributed by atoms with Gasteiger partial charge in [0.15, 0.2) is 0 Å². The second-order valence-electron chi connectivity index (χ2n) is 9.03. The SMILES string of the molecule is CC(C)(C)n1cccc(C(=O)NC2(Cc3ccccc3)CC2(C)C)c1=O. The summed E-state index contributed by atoms with van der Waals surface area (Å²) in [4.78, 5) is 25.7. The van der Waals surface area contributed by atoms with E-state index in [2.05, 4.69) is 31.3 Å². The maximum absolute atomic E-state index is 13.0. The fourth-order valence-corrected chi connectivity index (χ4v) is 3.69. The number of rotatable bonds is 4. The van der Waals surface area contributed by atoms with Crippen LogP contribution in [0.1, 0.15) is 57.0 Å². The van der Waals surface area contributed by atoms with E-state index in [0.717, 1.165) is 12.8 Å². The van der Waals surface area contributed by atoms with Gasteiger partial charge in [-0.15, -0.1) is 0 Å². The molecule has 0 spiro atoms. The van der Waals surface area contributed by atoms with Gasteiger partial charge < -0.3 is 9.88 Å². The van der Waals surface area contributed by atoms with E-state index in [9.17, 15) is 9.59 Å². The van der Waals surface area contributed by atoms with Gasteiger partial charge in [-0.25, -0.2) is 0 Å². The zero-order chi connectivity index (χ0) is 19.2. The van der Waals surface area contributed by atoms with E-state index in [1.54, 1.807) is 22.9 Å². The first kappa shape index (κ1) is 18.4. The van der Waals surface area contributed by atoms with Crippen molar-refractivity contribution in [1.29, 1.82) is 0 Å². The molecule has 1 unspecified atom stereocenters. The minimum atomic E-state index is -0.367. The van der Waals surface area contributed by atoms with Gasteiger partial charge in [0.25, 0.3) is 11.5 Å². The minimum absolute atomic E-state index is 0.0102. The highest BCUT2D eigenvalue weighted by Gasteiger charge is 2.61. The molecule has 26 heavy (non-hydrogen) atoms. The fourth-order valence-electron chi connectivity index (χ4n) is 3.69. The van der Waals surface area contributed by atoms with Crippen LogP contribution >= 0.6 is 0 Å². The first-order chi connectivity index (χ1) is 12.1. The predicted octanol–water partition coefficient (Wildman–Crippen LogP) is 3.74. The topological polar surface area (TPSA) is 51.1 Å². The molecule has 1 aliphatic rings. The van der Waals surface area contributed by atoms with E-state index in [4.69, 9.17) is 0 Å². The van der Waals surface area contributed by atoms with Crippen molar-refractivity contribution in [3.05, 3.63) is 70.1 Å². The molecular weight excluding hydrogens is 324 g/mol. The van der Waals surface area contributed by atoms with Crippen molar-refractivity contribution >= 4 is 5.91 Å². The zero-order valence-corrected chi connectivity index (χ0v) is 16.3. The van der Waals surface area contributed by atoms with Crippen LogP contribution in [0.15, 0.2) is 53.5 Å². The molecule has 0 radical (unpaired) electrons. The van der Waals surface area contributed by atoms with Gasteiger partial charge in [-0.1, -0.05) is 44.2 Å². The van der Waals surface area contributed by atoms with Crippen molar-refractivity contribution in [3.8, 4) is 0 Å². The first-order valence-electron chi connectivity index (χ1n) is 9.14. The molecule has 1 fully saturated rings. The van der Waals surface area contributed by atoms with E-state index < -0.39 is 0 Å². The third kappa shape index (κ3) is 3.33. The lowest BCUT2D eigenvalue weighted by atomic mass is 9.96. The fraction of sp³-hybridized carbons (Fsp3) is 0.455. The Hall–Kier alpha value is -2.36. The van der Waals surface area contributed by atoms with Gasteiger partial charge in [0.05, 0.1) is 5.54 Å². The molecule has 0 bridgehead atoms. The summed E-state index contributed by atoms with van der Waals surface area (Å²) in [7, 11) is 0. The van der Waals surface area contributed by atoms with E-state index in [1.807, 2.05) is 39.0 Å². The summed E-state index contributed by atoms with van der Waals surface area (Å²) >= 11 is 0. The number of carbonyl (C=O) groups excluding carboxylic acids is 1. The van der Waals surface area contributed by atoms with Crippen molar-refractivity contribution in [3.63, 3.8) is 0 Å². The van der Waals surface area contributed by atoms with E-state index in [-0.39, 0.29) is 33.5 Å². The Labute approximate surface area is 155 Å². The summed E-state index contributed by atoms with van der Waals surface area (Å²) in [5.41, 5.74) is 0.492. The molecule has 1 atom stereocenters. The van der Waals surface area contributed by atoms with Crippen LogP contribution in [-0.2, 0) is 12.0 Å². The van der Waals surface area contributed by atoms with Crippen LogP contribution in [0.4, 0.5) is 0 Å². The van der Waals surface area contributed by atoms with Crippen molar-refractivity contribution < 1.29 is 4.79 Å². The summed E-state index contributed by atoms with van der Waals surface area (Å²) in [5.74, 6) is -0.282. The zero-order valence-electron chi connectivity index (χ0n) is 16.3. The number of hydrogen-bond donors (Lipinski definition) is 1. The van der Waals surface area contributed by atoms with E-state index in [0.29, 0.717) is 0 Å².